The second-order valence-corrected chi connectivity index (χ2v) is 5.88. The fourth-order valence-electron chi connectivity index (χ4n) is 2.39. The molecule has 0 atom stereocenters. The van der Waals surface area contributed by atoms with E-state index >= 15 is 0 Å². The number of amides is 1. The number of nitrogens with two attached hydrogens (primary N) is 1. The van der Waals surface area contributed by atoms with Crippen LogP contribution in [0.4, 0.5) is 0 Å². The van der Waals surface area contributed by atoms with Crippen LogP contribution in [0, 0.1) is 6.92 Å². The van der Waals surface area contributed by atoms with Crippen molar-refractivity contribution in [2.24, 2.45) is 10.7 Å². The standard InChI is InChI=1S/C20H26N4O2.HI/c1-3-22-20(24-13-17-9-5-4-7-15(17)2)23-12-16-8-6-10-18(11-16)26-14-19(21)25;/h4-11H,3,12-14H2,1-2H3,(H2,21,25)(H2,22,23,24);1H. The molecule has 4 N–H and O–H groups in total. The van der Waals surface area contributed by atoms with Gasteiger partial charge in [0.2, 0.25) is 0 Å². The molecule has 0 saturated carbocycles. The van der Waals surface area contributed by atoms with Gasteiger partial charge in [0.15, 0.2) is 12.6 Å². The van der Waals surface area contributed by atoms with Crippen molar-refractivity contribution >= 4 is 35.8 Å². The molecule has 0 bridgehead atoms. The molecule has 2 aromatic carbocycles. The van der Waals surface area contributed by atoms with Crippen LogP contribution < -0.4 is 21.1 Å². The lowest BCUT2D eigenvalue weighted by molar-refractivity contribution is -0.119. The molecule has 146 valence electrons. The summed E-state index contributed by atoms with van der Waals surface area (Å²) in [7, 11) is 0. The van der Waals surface area contributed by atoms with Crippen LogP contribution in [0.15, 0.2) is 53.5 Å². The molecule has 1 amide bonds. The largest absolute Gasteiger partial charge is 0.484 e. The summed E-state index contributed by atoms with van der Waals surface area (Å²) in [6, 6.07) is 15.7. The number of hydrogen-bond acceptors (Lipinski definition) is 3. The van der Waals surface area contributed by atoms with Crippen LogP contribution in [-0.4, -0.2) is 25.0 Å². The maximum atomic E-state index is 10.8. The Kier molecular flexibility index (Phi) is 10.2. The first-order chi connectivity index (χ1) is 12.6. The van der Waals surface area contributed by atoms with E-state index in [1.165, 1.54) is 11.1 Å². The van der Waals surface area contributed by atoms with Gasteiger partial charge in [-0.2, -0.15) is 0 Å². The Balaban J connectivity index is 0.00000364. The molecule has 6 nitrogen and oxygen atoms in total. The third kappa shape index (κ3) is 8.29. The second kappa shape index (κ2) is 12.2. The number of hydrogen-bond donors (Lipinski definition) is 3. The van der Waals surface area contributed by atoms with E-state index in [4.69, 9.17) is 10.5 Å². The quantitative estimate of drug-likeness (QED) is 0.307. The second-order valence-electron chi connectivity index (χ2n) is 5.88. The minimum absolute atomic E-state index is 0. The SMILES string of the molecule is CCNC(=NCc1cccc(OCC(N)=O)c1)NCc1ccccc1C.I. The van der Waals surface area contributed by atoms with E-state index in [0.29, 0.717) is 18.8 Å². The number of nitrogens with zero attached hydrogens (tertiary/aromatic N) is 1. The van der Waals surface area contributed by atoms with Crippen LogP contribution in [-0.2, 0) is 17.9 Å². The first kappa shape index (κ1) is 22.8. The van der Waals surface area contributed by atoms with Gasteiger partial charge >= 0.3 is 0 Å². The van der Waals surface area contributed by atoms with Gasteiger partial charge in [-0.05, 0) is 42.7 Å². The van der Waals surface area contributed by atoms with Gasteiger partial charge < -0.3 is 21.1 Å². The highest BCUT2D eigenvalue weighted by atomic mass is 127. The summed E-state index contributed by atoms with van der Waals surface area (Å²) in [5.74, 6) is 0.858. The van der Waals surface area contributed by atoms with Gasteiger partial charge in [0.1, 0.15) is 5.75 Å². The van der Waals surface area contributed by atoms with Crippen molar-refractivity contribution in [2.45, 2.75) is 26.9 Å². The Bertz CT molecular complexity index is 765. The first-order valence-corrected chi connectivity index (χ1v) is 8.65. The summed E-state index contributed by atoms with van der Waals surface area (Å²) in [6.45, 7) is 5.98. The molecule has 2 rings (SSSR count). The number of halogens is 1. The normalized spacial score (nSPS) is 10.7. The molecular weight excluding hydrogens is 455 g/mol. The maximum Gasteiger partial charge on any atom is 0.255 e. The Hall–Kier alpha value is -2.29. The molecule has 7 heteroatoms. The number of aliphatic imine (C=N–C) groups is 1. The third-order valence-corrected chi connectivity index (χ3v) is 3.75. The van der Waals surface area contributed by atoms with E-state index in [9.17, 15) is 4.79 Å². The average Bonchev–Trinajstić information content (AvgIpc) is 2.64. The molecule has 0 aliphatic carbocycles. The molecule has 0 aliphatic heterocycles. The van der Waals surface area contributed by atoms with Gasteiger partial charge in [-0.1, -0.05) is 36.4 Å². The molecular formula is C20H27IN4O2. The number of nitrogens with one attached hydrogen (secondary N) is 2. The van der Waals surface area contributed by atoms with E-state index in [1.807, 2.05) is 37.3 Å². The van der Waals surface area contributed by atoms with Crippen LogP contribution in [0.2, 0.25) is 0 Å². The Morgan fingerprint density at radius 1 is 1.15 bits per heavy atom. The van der Waals surface area contributed by atoms with Crippen LogP contribution in [0.3, 0.4) is 0 Å². The van der Waals surface area contributed by atoms with Crippen molar-refractivity contribution in [2.75, 3.05) is 13.2 Å². The fraction of sp³-hybridized carbons (Fsp3) is 0.300. The Labute approximate surface area is 177 Å². The van der Waals surface area contributed by atoms with Crippen molar-refractivity contribution in [1.29, 1.82) is 0 Å². The number of ether oxygens (including phenoxy) is 1. The molecule has 27 heavy (non-hydrogen) atoms. The zero-order chi connectivity index (χ0) is 18.8. The molecule has 2 aromatic rings. The van der Waals surface area contributed by atoms with Gasteiger partial charge in [0, 0.05) is 13.1 Å². The minimum Gasteiger partial charge on any atom is -0.484 e. The summed E-state index contributed by atoms with van der Waals surface area (Å²) in [4.78, 5) is 15.4. The molecule has 0 heterocycles. The van der Waals surface area contributed by atoms with Crippen molar-refractivity contribution in [3.8, 4) is 5.75 Å². The minimum atomic E-state index is -0.497. The van der Waals surface area contributed by atoms with Crippen LogP contribution in [0.25, 0.3) is 0 Å². The molecule has 0 aliphatic rings. The number of carbonyl (C=O) groups is 1. The van der Waals surface area contributed by atoms with Crippen molar-refractivity contribution in [3.05, 3.63) is 65.2 Å². The zero-order valence-corrected chi connectivity index (χ0v) is 18.0. The molecule has 0 saturated heterocycles. The molecule has 0 radical (unpaired) electrons. The highest BCUT2D eigenvalue weighted by Gasteiger charge is 2.02. The van der Waals surface area contributed by atoms with Crippen molar-refractivity contribution < 1.29 is 9.53 Å². The number of primary amides is 1. The highest BCUT2D eigenvalue weighted by molar-refractivity contribution is 14.0. The van der Waals surface area contributed by atoms with E-state index < -0.39 is 5.91 Å². The monoisotopic (exact) mass is 482 g/mol. The topological polar surface area (TPSA) is 88.7 Å². The van der Waals surface area contributed by atoms with Gasteiger partial charge in [-0.3, -0.25) is 4.79 Å². The average molecular weight is 482 g/mol. The lowest BCUT2D eigenvalue weighted by Crippen LogP contribution is -2.36. The van der Waals surface area contributed by atoms with Crippen LogP contribution in [0.1, 0.15) is 23.6 Å². The highest BCUT2D eigenvalue weighted by Crippen LogP contribution is 2.14. The summed E-state index contributed by atoms with van der Waals surface area (Å²) in [6.07, 6.45) is 0. The van der Waals surface area contributed by atoms with E-state index in [0.717, 1.165) is 18.1 Å². The van der Waals surface area contributed by atoms with E-state index in [-0.39, 0.29) is 30.6 Å². The van der Waals surface area contributed by atoms with Crippen molar-refractivity contribution in [1.82, 2.24) is 10.6 Å². The zero-order valence-electron chi connectivity index (χ0n) is 15.7. The third-order valence-electron chi connectivity index (χ3n) is 3.75. The number of rotatable bonds is 8. The van der Waals surface area contributed by atoms with Gasteiger partial charge in [-0.15, -0.1) is 24.0 Å². The fourth-order valence-corrected chi connectivity index (χ4v) is 2.39. The summed E-state index contributed by atoms with van der Waals surface area (Å²) in [5.41, 5.74) is 8.57. The molecule has 0 aromatic heterocycles. The maximum absolute atomic E-state index is 10.8. The van der Waals surface area contributed by atoms with Gasteiger partial charge in [0.05, 0.1) is 6.54 Å². The number of carbonyl (C=O) groups excluding carboxylic acids is 1. The Morgan fingerprint density at radius 3 is 2.63 bits per heavy atom. The predicted octanol–water partition coefficient (Wildman–Crippen LogP) is 2.73. The molecule has 0 spiro atoms. The summed E-state index contributed by atoms with van der Waals surface area (Å²) >= 11 is 0. The number of aryl methyl sites for hydroxylation is 1. The van der Waals surface area contributed by atoms with Crippen LogP contribution in [0.5, 0.6) is 5.75 Å². The van der Waals surface area contributed by atoms with Gasteiger partial charge in [-0.25, -0.2) is 4.99 Å². The predicted molar refractivity (Wildman–Crippen MR) is 119 cm³/mol. The number of benzene rings is 2. The van der Waals surface area contributed by atoms with Gasteiger partial charge in [0.25, 0.3) is 5.91 Å². The number of guanidine groups is 1. The summed E-state index contributed by atoms with van der Waals surface area (Å²) < 4.78 is 5.33. The smallest absolute Gasteiger partial charge is 0.255 e. The molecule has 0 fully saturated rings. The Morgan fingerprint density at radius 2 is 1.93 bits per heavy atom. The summed E-state index contributed by atoms with van der Waals surface area (Å²) in [5, 5.41) is 6.59. The lowest BCUT2D eigenvalue weighted by atomic mass is 10.1. The van der Waals surface area contributed by atoms with E-state index in [1.54, 1.807) is 6.07 Å². The first-order valence-electron chi connectivity index (χ1n) is 8.65. The lowest BCUT2D eigenvalue weighted by Gasteiger charge is -2.13. The van der Waals surface area contributed by atoms with Crippen molar-refractivity contribution in [3.63, 3.8) is 0 Å². The molecule has 0 unspecified atom stereocenters. The van der Waals surface area contributed by atoms with E-state index in [2.05, 4.69) is 34.7 Å². The van der Waals surface area contributed by atoms with Crippen LogP contribution >= 0.6 is 24.0 Å².